The smallest absolute Gasteiger partial charge is 0.118 e. The van der Waals surface area contributed by atoms with E-state index in [1.165, 1.54) is 16.8 Å². The van der Waals surface area contributed by atoms with Crippen LogP contribution in [-0.4, -0.2) is 23.4 Å². The van der Waals surface area contributed by atoms with Crippen LogP contribution >= 0.6 is 0 Å². The van der Waals surface area contributed by atoms with Crippen molar-refractivity contribution in [3.63, 3.8) is 0 Å². The highest BCUT2D eigenvalue weighted by Crippen LogP contribution is 2.16. The summed E-state index contributed by atoms with van der Waals surface area (Å²) in [5, 5.41) is 7.84. The summed E-state index contributed by atoms with van der Waals surface area (Å²) < 4.78 is 7.27. The van der Waals surface area contributed by atoms with Crippen molar-refractivity contribution in [1.82, 2.24) is 15.1 Å². The molecule has 2 heterocycles. The lowest BCUT2D eigenvalue weighted by molar-refractivity contribution is 0.414. The number of ether oxygens (including phenoxy) is 1. The Hall–Kier alpha value is -1.81. The topological polar surface area (TPSA) is 39.1 Å². The molecule has 0 radical (unpaired) electrons. The highest BCUT2D eigenvalue weighted by atomic mass is 16.5. The molecule has 2 aromatic rings. The summed E-state index contributed by atoms with van der Waals surface area (Å²) in [6.45, 7) is 2.82. The molecular formula is C14H17N3O. The summed E-state index contributed by atoms with van der Waals surface area (Å²) in [7, 11) is 1.69. The molecule has 0 unspecified atom stereocenters. The highest BCUT2D eigenvalue weighted by molar-refractivity contribution is 5.28. The monoisotopic (exact) mass is 243 g/mol. The van der Waals surface area contributed by atoms with Gasteiger partial charge in [0, 0.05) is 30.8 Å². The van der Waals surface area contributed by atoms with Gasteiger partial charge in [0.25, 0.3) is 0 Å². The second kappa shape index (κ2) is 4.82. The third-order valence-electron chi connectivity index (χ3n) is 3.38. The molecule has 4 nitrogen and oxygen atoms in total. The number of methoxy groups -OCH3 is 1. The maximum absolute atomic E-state index is 5.16. The van der Waals surface area contributed by atoms with Crippen molar-refractivity contribution in [2.75, 3.05) is 13.7 Å². The van der Waals surface area contributed by atoms with Gasteiger partial charge in [-0.15, -0.1) is 0 Å². The lowest BCUT2D eigenvalue weighted by Gasteiger charge is -2.15. The Labute approximate surface area is 107 Å². The van der Waals surface area contributed by atoms with Crippen LogP contribution in [0.15, 0.2) is 30.5 Å². The molecule has 1 N–H and O–H groups in total. The molecule has 18 heavy (non-hydrogen) atoms. The van der Waals surface area contributed by atoms with Gasteiger partial charge in [-0.3, -0.25) is 4.68 Å². The lowest BCUT2D eigenvalue weighted by atomic mass is 10.1. The van der Waals surface area contributed by atoms with Crippen LogP contribution in [0.25, 0.3) is 0 Å². The molecule has 0 spiro atoms. The summed E-state index contributed by atoms with van der Waals surface area (Å²) in [6.07, 6.45) is 3.04. The molecule has 3 rings (SSSR count). The summed E-state index contributed by atoms with van der Waals surface area (Å²) in [4.78, 5) is 0. The van der Waals surface area contributed by atoms with Crippen LogP contribution in [0.3, 0.4) is 0 Å². The first-order valence-corrected chi connectivity index (χ1v) is 6.24. The van der Waals surface area contributed by atoms with Crippen LogP contribution in [0, 0.1) is 0 Å². The summed E-state index contributed by atoms with van der Waals surface area (Å²) >= 11 is 0. The van der Waals surface area contributed by atoms with E-state index in [4.69, 9.17) is 4.74 Å². The summed E-state index contributed by atoms with van der Waals surface area (Å²) in [5.41, 5.74) is 3.94. The van der Waals surface area contributed by atoms with Crippen LogP contribution < -0.4 is 10.1 Å². The molecule has 1 aromatic heterocycles. The number of nitrogens with zero attached hydrogens (tertiary/aromatic N) is 2. The molecule has 0 atom stereocenters. The van der Waals surface area contributed by atoms with E-state index >= 15 is 0 Å². The molecule has 4 heteroatoms. The van der Waals surface area contributed by atoms with Crippen LogP contribution in [-0.2, 0) is 19.5 Å². The number of nitrogens with one attached hydrogen (secondary N) is 1. The van der Waals surface area contributed by atoms with E-state index in [2.05, 4.69) is 27.2 Å². The highest BCUT2D eigenvalue weighted by Gasteiger charge is 2.14. The van der Waals surface area contributed by atoms with Gasteiger partial charge < -0.3 is 10.1 Å². The molecule has 0 amide bonds. The normalized spacial score (nSPS) is 14.3. The van der Waals surface area contributed by atoms with E-state index in [-0.39, 0.29) is 0 Å². The number of benzene rings is 1. The van der Waals surface area contributed by atoms with Gasteiger partial charge in [0.05, 0.1) is 19.9 Å². The number of hydrogen-bond acceptors (Lipinski definition) is 3. The Balaban J connectivity index is 1.81. The predicted octanol–water partition coefficient (Wildman–Crippen LogP) is 1.59. The minimum atomic E-state index is 0.833. The molecule has 94 valence electrons. The first-order chi connectivity index (χ1) is 8.86. The maximum atomic E-state index is 5.16. The molecule has 0 saturated heterocycles. The largest absolute Gasteiger partial charge is 0.497 e. The average molecular weight is 243 g/mol. The van der Waals surface area contributed by atoms with Gasteiger partial charge >= 0.3 is 0 Å². The Morgan fingerprint density at radius 1 is 1.33 bits per heavy atom. The fourth-order valence-electron chi connectivity index (χ4n) is 2.36. The molecule has 0 aliphatic carbocycles. The van der Waals surface area contributed by atoms with Crippen LogP contribution in [0.4, 0.5) is 0 Å². The number of rotatable bonds is 3. The lowest BCUT2D eigenvalue weighted by Crippen LogP contribution is -2.24. The molecule has 0 fully saturated rings. The zero-order valence-corrected chi connectivity index (χ0v) is 10.5. The predicted molar refractivity (Wildman–Crippen MR) is 69.7 cm³/mol. The first kappa shape index (κ1) is 11.3. The SMILES string of the molecule is COc1ccc(Cn2ncc3c2CCNC3)cc1. The Morgan fingerprint density at radius 2 is 2.17 bits per heavy atom. The van der Waals surface area contributed by atoms with Gasteiger partial charge in [-0.05, 0) is 17.7 Å². The quantitative estimate of drug-likeness (QED) is 0.889. The van der Waals surface area contributed by atoms with Gasteiger partial charge in [0.15, 0.2) is 0 Å². The molecule has 1 aliphatic heterocycles. The van der Waals surface area contributed by atoms with Crippen LogP contribution in [0.5, 0.6) is 5.75 Å². The van der Waals surface area contributed by atoms with Gasteiger partial charge in [-0.25, -0.2) is 0 Å². The fraction of sp³-hybridized carbons (Fsp3) is 0.357. The molecule has 0 bridgehead atoms. The third kappa shape index (κ3) is 2.11. The number of aromatic nitrogens is 2. The zero-order valence-electron chi connectivity index (χ0n) is 10.5. The van der Waals surface area contributed by atoms with E-state index in [1.807, 2.05) is 18.3 Å². The van der Waals surface area contributed by atoms with Crippen molar-refractivity contribution in [3.05, 3.63) is 47.3 Å². The van der Waals surface area contributed by atoms with Crippen LogP contribution in [0.1, 0.15) is 16.8 Å². The van der Waals surface area contributed by atoms with Gasteiger partial charge in [0.1, 0.15) is 5.75 Å². The van der Waals surface area contributed by atoms with Crippen molar-refractivity contribution >= 4 is 0 Å². The minimum absolute atomic E-state index is 0.833. The van der Waals surface area contributed by atoms with Crippen molar-refractivity contribution in [2.24, 2.45) is 0 Å². The third-order valence-corrected chi connectivity index (χ3v) is 3.38. The van der Waals surface area contributed by atoms with Crippen molar-refractivity contribution in [3.8, 4) is 5.75 Å². The van der Waals surface area contributed by atoms with E-state index in [0.717, 1.165) is 31.8 Å². The second-order valence-electron chi connectivity index (χ2n) is 4.55. The van der Waals surface area contributed by atoms with Gasteiger partial charge in [-0.1, -0.05) is 12.1 Å². The van der Waals surface area contributed by atoms with E-state index in [0.29, 0.717) is 0 Å². The summed E-state index contributed by atoms with van der Waals surface area (Å²) in [5.74, 6) is 0.894. The molecule has 1 aliphatic rings. The molecule has 0 saturated carbocycles. The molecular weight excluding hydrogens is 226 g/mol. The number of hydrogen-bond donors (Lipinski definition) is 1. The Bertz CT molecular complexity index is 530. The fourth-order valence-corrected chi connectivity index (χ4v) is 2.36. The van der Waals surface area contributed by atoms with Crippen molar-refractivity contribution in [2.45, 2.75) is 19.5 Å². The van der Waals surface area contributed by atoms with Gasteiger partial charge in [-0.2, -0.15) is 5.10 Å². The van der Waals surface area contributed by atoms with E-state index in [9.17, 15) is 0 Å². The van der Waals surface area contributed by atoms with E-state index in [1.54, 1.807) is 7.11 Å². The van der Waals surface area contributed by atoms with Crippen LogP contribution in [0.2, 0.25) is 0 Å². The first-order valence-electron chi connectivity index (χ1n) is 6.24. The minimum Gasteiger partial charge on any atom is -0.497 e. The standard InChI is InChI=1S/C14H17N3O/c1-18-13-4-2-11(3-5-13)10-17-14-6-7-15-8-12(14)9-16-17/h2-5,9,15H,6-8,10H2,1H3. The summed E-state index contributed by atoms with van der Waals surface area (Å²) in [6, 6.07) is 8.17. The molecule has 1 aromatic carbocycles. The Kier molecular flexibility index (Phi) is 3.02. The van der Waals surface area contributed by atoms with Crippen molar-refractivity contribution < 1.29 is 4.74 Å². The number of fused-ring (bicyclic) bond motifs is 1. The average Bonchev–Trinajstić information content (AvgIpc) is 2.83. The van der Waals surface area contributed by atoms with Gasteiger partial charge in [0.2, 0.25) is 0 Å². The van der Waals surface area contributed by atoms with E-state index < -0.39 is 0 Å². The Morgan fingerprint density at radius 3 is 2.94 bits per heavy atom. The maximum Gasteiger partial charge on any atom is 0.118 e. The van der Waals surface area contributed by atoms with Crippen molar-refractivity contribution in [1.29, 1.82) is 0 Å². The zero-order chi connectivity index (χ0) is 12.4. The second-order valence-corrected chi connectivity index (χ2v) is 4.55.